The highest BCUT2D eigenvalue weighted by atomic mass is 19.1. The van der Waals surface area contributed by atoms with Gasteiger partial charge >= 0.3 is 5.97 Å². The van der Waals surface area contributed by atoms with E-state index in [1.807, 2.05) is 36.0 Å². The number of aliphatic carboxylic acids is 1. The van der Waals surface area contributed by atoms with Gasteiger partial charge in [0.25, 0.3) is 0 Å². The fraction of sp³-hybridized carbons (Fsp3) is 0.318. The Hall–Kier alpha value is -3.22. The summed E-state index contributed by atoms with van der Waals surface area (Å²) in [5.74, 6) is -2.10. The zero-order valence-corrected chi connectivity index (χ0v) is 16.3. The lowest BCUT2D eigenvalue weighted by Crippen LogP contribution is -2.27. The lowest BCUT2D eigenvalue weighted by atomic mass is 9.92. The van der Waals surface area contributed by atoms with Crippen LogP contribution in [0.1, 0.15) is 36.3 Å². The molecule has 0 saturated carbocycles. The molecule has 0 saturated heterocycles. The zero-order valence-electron chi connectivity index (χ0n) is 16.3. The van der Waals surface area contributed by atoms with Crippen LogP contribution in [-0.4, -0.2) is 33.3 Å². The Labute approximate surface area is 168 Å². The molecule has 0 radical (unpaired) electrons. The van der Waals surface area contributed by atoms with E-state index in [9.17, 15) is 14.0 Å². The van der Waals surface area contributed by atoms with Crippen molar-refractivity contribution in [2.75, 3.05) is 6.54 Å². The highest BCUT2D eigenvalue weighted by Crippen LogP contribution is 2.24. The molecule has 3 rings (SSSR count). The maximum atomic E-state index is 13.1. The summed E-state index contributed by atoms with van der Waals surface area (Å²) in [6.45, 7) is 3.18. The first-order valence-corrected chi connectivity index (χ1v) is 9.59. The fourth-order valence-corrected chi connectivity index (χ4v) is 3.43. The van der Waals surface area contributed by atoms with Crippen molar-refractivity contribution >= 4 is 22.8 Å². The van der Waals surface area contributed by atoms with E-state index in [0.29, 0.717) is 25.1 Å². The summed E-state index contributed by atoms with van der Waals surface area (Å²) in [5.41, 5.74) is 2.88. The Morgan fingerprint density at radius 3 is 2.66 bits per heavy atom. The van der Waals surface area contributed by atoms with Gasteiger partial charge in [-0.2, -0.15) is 5.10 Å². The van der Waals surface area contributed by atoms with Gasteiger partial charge in [0, 0.05) is 30.8 Å². The zero-order chi connectivity index (χ0) is 20.8. The first-order valence-electron chi connectivity index (χ1n) is 9.59. The van der Waals surface area contributed by atoms with Crippen molar-refractivity contribution in [1.82, 2.24) is 15.1 Å². The number of nitrogens with zero attached hydrogens (tertiary/aromatic N) is 2. The molecule has 152 valence electrons. The van der Waals surface area contributed by atoms with Crippen molar-refractivity contribution in [3.63, 3.8) is 0 Å². The summed E-state index contributed by atoms with van der Waals surface area (Å²) in [7, 11) is 0. The number of carboxylic acids is 1. The van der Waals surface area contributed by atoms with Gasteiger partial charge in [-0.1, -0.05) is 24.3 Å². The minimum Gasteiger partial charge on any atom is -0.481 e. The van der Waals surface area contributed by atoms with Crippen LogP contribution in [0.2, 0.25) is 0 Å². The lowest BCUT2D eigenvalue weighted by molar-refractivity contribution is -0.137. The largest absolute Gasteiger partial charge is 0.481 e. The number of fused-ring (bicyclic) bond motifs is 1. The van der Waals surface area contributed by atoms with Gasteiger partial charge in [-0.25, -0.2) is 4.39 Å². The van der Waals surface area contributed by atoms with Crippen LogP contribution in [0.15, 0.2) is 48.7 Å². The number of halogens is 1. The van der Waals surface area contributed by atoms with E-state index in [-0.39, 0.29) is 18.7 Å². The molecule has 2 N–H and O–H groups in total. The van der Waals surface area contributed by atoms with E-state index in [4.69, 9.17) is 5.11 Å². The number of aryl methyl sites for hydroxylation is 2. The van der Waals surface area contributed by atoms with Crippen LogP contribution in [0.25, 0.3) is 10.9 Å². The molecule has 1 aromatic heterocycles. The van der Waals surface area contributed by atoms with E-state index in [2.05, 4.69) is 10.4 Å². The fourth-order valence-electron chi connectivity index (χ4n) is 3.43. The summed E-state index contributed by atoms with van der Waals surface area (Å²) >= 11 is 0. The van der Waals surface area contributed by atoms with Crippen LogP contribution < -0.4 is 5.32 Å². The van der Waals surface area contributed by atoms with E-state index < -0.39 is 17.7 Å². The standard InChI is InChI=1S/C22H24FN3O3/c1-15-4-2-5-20-19(15)14-25-26(20)11-3-10-24-21(27)12-17(13-22(28)29)16-6-8-18(23)9-7-16/h2,4-9,14,17H,3,10-13H2,1H3,(H,24,27)(H,28,29). The Bertz CT molecular complexity index is 998. The van der Waals surface area contributed by atoms with Crippen LogP contribution in [0, 0.1) is 12.7 Å². The predicted octanol–water partition coefficient (Wildman–Crippen LogP) is 3.64. The van der Waals surface area contributed by atoms with Gasteiger partial charge in [-0.15, -0.1) is 0 Å². The molecular weight excluding hydrogens is 373 g/mol. The van der Waals surface area contributed by atoms with Gasteiger partial charge < -0.3 is 10.4 Å². The number of carbonyl (C=O) groups is 2. The molecule has 3 aromatic rings. The minimum atomic E-state index is -0.993. The highest BCUT2D eigenvalue weighted by molar-refractivity contribution is 5.82. The molecule has 0 fully saturated rings. The van der Waals surface area contributed by atoms with Crippen LogP contribution >= 0.6 is 0 Å². The second kappa shape index (κ2) is 9.32. The maximum absolute atomic E-state index is 13.1. The average molecular weight is 397 g/mol. The molecule has 1 amide bonds. The monoisotopic (exact) mass is 397 g/mol. The third-order valence-corrected chi connectivity index (χ3v) is 4.97. The predicted molar refractivity (Wildman–Crippen MR) is 108 cm³/mol. The molecule has 7 heteroatoms. The molecule has 1 heterocycles. The number of amides is 1. The van der Waals surface area contributed by atoms with Crippen LogP contribution in [-0.2, 0) is 16.1 Å². The lowest BCUT2D eigenvalue weighted by Gasteiger charge is -2.15. The number of hydrogen-bond donors (Lipinski definition) is 2. The van der Waals surface area contributed by atoms with E-state index in [1.165, 1.54) is 29.8 Å². The summed E-state index contributed by atoms with van der Waals surface area (Å²) in [6.07, 6.45) is 2.42. The molecule has 0 aliphatic rings. The number of aromatic nitrogens is 2. The molecule has 0 aliphatic heterocycles. The third kappa shape index (κ3) is 5.40. The first-order chi connectivity index (χ1) is 13.9. The molecule has 29 heavy (non-hydrogen) atoms. The van der Waals surface area contributed by atoms with E-state index in [1.54, 1.807) is 0 Å². The van der Waals surface area contributed by atoms with Crippen molar-refractivity contribution in [2.24, 2.45) is 0 Å². The summed E-state index contributed by atoms with van der Waals surface area (Å²) < 4.78 is 15.0. The quantitative estimate of drug-likeness (QED) is 0.540. The molecule has 0 spiro atoms. The Morgan fingerprint density at radius 2 is 1.93 bits per heavy atom. The van der Waals surface area contributed by atoms with Crippen molar-refractivity contribution in [1.29, 1.82) is 0 Å². The Kier molecular flexibility index (Phi) is 6.59. The van der Waals surface area contributed by atoms with E-state index >= 15 is 0 Å². The summed E-state index contributed by atoms with van der Waals surface area (Å²) in [5, 5.41) is 17.5. The van der Waals surface area contributed by atoms with Gasteiger partial charge in [0.1, 0.15) is 5.82 Å². The van der Waals surface area contributed by atoms with Gasteiger partial charge in [0.2, 0.25) is 5.91 Å². The molecule has 1 atom stereocenters. The number of carboxylic acid groups (broad SMARTS) is 1. The molecule has 2 aromatic carbocycles. The average Bonchev–Trinajstić information content (AvgIpc) is 3.09. The smallest absolute Gasteiger partial charge is 0.303 e. The highest BCUT2D eigenvalue weighted by Gasteiger charge is 2.19. The number of benzene rings is 2. The molecule has 0 bridgehead atoms. The number of hydrogen-bond acceptors (Lipinski definition) is 3. The maximum Gasteiger partial charge on any atom is 0.303 e. The SMILES string of the molecule is Cc1cccc2c1cnn2CCCNC(=O)CC(CC(=O)O)c1ccc(F)cc1. The normalized spacial score (nSPS) is 12.1. The topological polar surface area (TPSA) is 84.2 Å². The molecular formula is C22H24FN3O3. The second-order valence-electron chi connectivity index (χ2n) is 7.13. The third-order valence-electron chi connectivity index (χ3n) is 4.97. The van der Waals surface area contributed by atoms with Gasteiger partial charge in [-0.3, -0.25) is 14.3 Å². The van der Waals surface area contributed by atoms with Crippen molar-refractivity contribution in [3.8, 4) is 0 Å². The van der Waals surface area contributed by atoms with Crippen molar-refractivity contribution < 1.29 is 19.1 Å². The summed E-state index contributed by atoms with van der Waals surface area (Å²) in [4.78, 5) is 23.4. The van der Waals surface area contributed by atoms with Crippen molar-refractivity contribution in [2.45, 2.75) is 38.6 Å². The van der Waals surface area contributed by atoms with Crippen molar-refractivity contribution in [3.05, 3.63) is 65.6 Å². The van der Waals surface area contributed by atoms with Crippen LogP contribution in [0.3, 0.4) is 0 Å². The number of rotatable bonds is 9. The second-order valence-corrected chi connectivity index (χ2v) is 7.13. The summed E-state index contributed by atoms with van der Waals surface area (Å²) in [6, 6.07) is 11.7. The van der Waals surface area contributed by atoms with Crippen LogP contribution in [0.5, 0.6) is 0 Å². The van der Waals surface area contributed by atoms with Gasteiger partial charge in [-0.05, 0) is 42.7 Å². The molecule has 0 aliphatic carbocycles. The number of carbonyl (C=O) groups excluding carboxylic acids is 1. The molecule has 6 nitrogen and oxygen atoms in total. The van der Waals surface area contributed by atoms with Gasteiger partial charge in [0.05, 0.1) is 18.1 Å². The van der Waals surface area contributed by atoms with E-state index in [0.717, 1.165) is 10.9 Å². The number of nitrogens with one attached hydrogen (secondary N) is 1. The minimum absolute atomic E-state index is 0.0435. The van der Waals surface area contributed by atoms with Gasteiger partial charge in [0.15, 0.2) is 0 Å². The first kappa shape index (κ1) is 20.5. The van der Waals surface area contributed by atoms with Crippen LogP contribution in [0.4, 0.5) is 4.39 Å². The Morgan fingerprint density at radius 1 is 1.17 bits per heavy atom. The molecule has 1 unspecified atom stereocenters. The Balaban J connectivity index is 1.51.